The molecule has 0 heterocycles. The van der Waals surface area contributed by atoms with Gasteiger partial charge in [-0.15, -0.1) is 6.58 Å². The van der Waals surface area contributed by atoms with E-state index < -0.39 is 12.0 Å². The first-order chi connectivity index (χ1) is 7.15. The molecular weight excluding hydrogens is 194 g/mol. The molecule has 0 aromatic heterocycles. The molecule has 0 fully saturated rings. The summed E-state index contributed by atoms with van der Waals surface area (Å²) < 4.78 is 0. The molecule has 3 N–H and O–H groups in total. The van der Waals surface area contributed by atoms with Crippen molar-refractivity contribution in [2.45, 2.75) is 6.04 Å². The van der Waals surface area contributed by atoms with E-state index in [1.54, 1.807) is 18.2 Å². The lowest BCUT2D eigenvalue weighted by atomic mass is 10.1. The summed E-state index contributed by atoms with van der Waals surface area (Å²) in [4.78, 5) is 10.9. The Balaban J connectivity index is 2.83. The van der Waals surface area contributed by atoms with E-state index >= 15 is 0 Å². The normalized spacial score (nSPS) is 12.0. The average Bonchev–Trinajstić information content (AvgIpc) is 2.21. The van der Waals surface area contributed by atoms with Gasteiger partial charge in [-0.25, -0.2) is 0 Å². The number of carboxylic acids is 1. The van der Waals surface area contributed by atoms with Gasteiger partial charge in [0.05, 0.1) is 0 Å². The summed E-state index contributed by atoms with van der Waals surface area (Å²) in [5, 5.41) is 20.8. The fourth-order valence-corrected chi connectivity index (χ4v) is 1.22. The van der Waals surface area contributed by atoms with Crippen molar-refractivity contribution in [2.24, 2.45) is 0 Å². The number of carbonyl (C=O) groups is 1. The Morgan fingerprint density at radius 2 is 2.07 bits per heavy atom. The third-order valence-corrected chi connectivity index (χ3v) is 1.94. The predicted molar refractivity (Wildman–Crippen MR) is 56.7 cm³/mol. The number of carboxylic acid groups (broad SMARTS) is 1. The van der Waals surface area contributed by atoms with Gasteiger partial charge < -0.3 is 10.2 Å². The van der Waals surface area contributed by atoms with E-state index in [9.17, 15) is 4.79 Å². The third-order valence-electron chi connectivity index (χ3n) is 1.94. The zero-order valence-corrected chi connectivity index (χ0v) is 8.18. The first kappa shape index (κ1) is 11.3. The highest BCUT2D eigenvalue weighted by Crippen LogP contribution is 2.16. The van der Waals surface area contributed by atoms with Crippen LogP contribution in [-0.2, 0) is 4.79 Å². The molecule has 15 heavy (non-hydrogen) atoms. The Kier molecular flexibility index (Phi) is 3.88. The molecule has 1 aromatic carbocycles. The minimum atomic E-state index is -0.956. The van der Waals surface area contributed by atoms with Gasteiger partial charge >= 0.3 is 5.97 Å². The van der Waals surface area contributed by atoms with E-state index in [4.69, 9.17) is 10.2 Å². The topological polar surface area (TPSA) is 69.6 Å². The second-order valence-corrected chi connectivity index (χ2v) is 3.06. The van der Waals surface area contributed by atoms with Gasteiger partial charge in [0.1, 0.15) is 11.8 Å². The molecular formula is C11H13NO3. The van der Waals surface area contributed by atoms with Crippen molar-refractivity contribution in [2.75, 3.05) is 6.54 Å². The molecule has 4 nitrogen and oxygen atoms in total. The van der Waals surface area contributed by atoms with E-state index in [2.05, 4.69) is 11.9 Å². The highest BCUT2D eigenvalue weighted by molar-refractivity contribution is 5.75. The van der Waals surface area contributed by atoms with Crippen LogP contribution in [0.5, 0.6) is 5.75 Å². The zero-order valence-electron chi connectivity index (χ0n) is 8.18. The van der Waals surface area contributed by atoms with Crippen LogP contribution >= 0.6 is 0 Å². The highest BCUT2D eigenvalue weighted by Gasteiger charge is 2.17. The molecule has 4 heteroatoms. The second kappa shape index (κ2) is 5.17. The van der Waals surface area contributed by atoms with Crippen LogP contribution < -0.4 is 5.32 Å². The molecule has 0 amide bonds. The number of hydrogen-bond donors (Lipinski definition) is 3. The molecule has 0 spiro atoms. The zero-order chi connectivity index (χ0) is 11.3. The van der Waals surface area contributed by atoms with Gasteiger partial charge in [-0.3, -0.25) is 10.1 Å². The van der Waals surface area contributed by atoms with E-state index in [0.717, 1.165) is 0 Å². The van der Waals surface area contributed by atoms with E-state index in [1.165, 1.54) is 12.1 Å². The van der Waals surface area contributed by atoms with Gasteiger partial charge in [0.15, 0.2) is 0 Å². The van der Waals surface area contributed by atoms with Crippen LogP contribution in [0.2, 0.25) is 0 Å². The maximum Gasteiger partial charge on any atom is 0.325 e. The van der Waals surface area contributed by atoms with Gasteiger partial charge in [-0.1, -0.05) is 18.2 Å². The first-order valence-corrected chi connectivity index (χ1v) is 4.51. The average molecular weight is 207 g/mol. The van der Waals surface area contributed by atoms with E-state index in [1.807, 2.05) is 0 Å². The minimum absolute atomic E-state index is 0.117. The molecule has 0 radical (unpaired) electrons. The number of phenolic OH excluding ortho intramolecular Hbond substituents is 1. The number of benzene rings is 1. The molecule has 1 atom stereocenters. The van der Waals surface area contributed by atoms with Crippen LogP contribution in [-0.4, -0.2) is 22.7 Å². The minimum Gasteiger partial charge on any atom is -0.508 e. The quantitative estimate of drug-likeness (QED) is 0.636. The fourth-order valence-electron chi connectivity index (χ4n) is 1.22. The summed E-state index contributed by atoms with van der Waals surface area (Å²) in [6, 6.07) is 5.29. The second-order valence-electron chi connectivity index (χ2n) is 3.06. The van der Waals surface area contributed by atoms with Crippen LogP contribution in [0.4, 0.5) is 0 Å². The predicted octanol–water partition coefficient (Wildman–Crippen LogP) is 1.29. The Morgan fingerprint density at radius 1 is 1.47 bits per heavy atom. The van der Waals surface area contributed by atoms with Crippen LogP contribution in [0.15, 0.2) is 36.9 Å². The maximum absolute atomic E-state index is 10.9. The van der Waals surface area contributed by atoms with Crippen molar-refractivity contribution < 1.29 is 15.0 Å². The highest BCUT2D eigenvalue weighted by atomic mass is 16.4. The van der Waals surface area contributed by atoms with Gasteiger partial charge in [-0.05, 0) is 17.7 Å². The molecule has 80 valence electrons. The molecule has 0 aliphatic heterocycles. The van der Waals surface area contributed by atoms with Crippen LogP contribution in [0, 0.1) is 0 Å². The Labute approximate surface area is 87.9 Å². The number of aromatic hydroxyl groups is 1. The molecule has 0 aliphatic carbocycles. The standard InChI is InChI=1S/C11H13NO3/c1-2-7-12-10(11(14)15)8-3-5-9(13)6-4-8/h2-6,10,12-13H,1,7H2,(H,14,15). The molecule has 0 saturated carbocycles. The maximum atomic E-state index is 10.9. The van der Waals surface area contributed by atoms with Crippen LogP contribution in [0.3, 0.4) is 0 Å². The van der Waals surface area contributed by atoms with Gasteiger partial charge in [-0.2, -0.15) is 0 Å². The number of aliphatic carboxylic acids is 1. The van der Waals surface area contributed by atoms with Gasteiger partial charge in [0.2, 0.25) is 0 Å². The summed E-state index contributed by atoms with van der Waals surface area (Å²) in [6.45, 7) is 3.92. The summed E-state index contributed by atoms with van der Waals surface area (Å²) in [6.07, 6.45) is 1.59. The Bertz CT molecular complexity index is 345. The van der Waals surface area contributed by atoms with Crippen LogP contribution in [0.25, 0.3) is 0 Å². The van der Waals surface area contributed by atoms with Crippen molar-refractivity contribution >= 4 is 5.97 Å². The Hall–Kier alpha value is -1.81. The molecule has 0 aliphatic rings. The summed E-state index contributed by atoms with van der Waals surface area (Å²) in [5.74, 6) is -0.839. The van der Waals surface area contributed by atoms with Crippen molar-refractivity contribution in [3.63, 3.8) is 0 Å². The Morgan fingerprint density at radius 3 is 2.53 bits per heavy atom. The monoisotopic (exact) mass is 207 g/mol. The molecule has 0 bridgehead atoms. The van der Waals surface area contributed by atoms with Crippen molar-refractivity contribution in [1.29, 1.82) is 0 Å². The lowest BCUT2D eigenvalue weighted by Gasteiger charge is -2.13. The lowest BCUT2D eigenvalue weighted by molar-refractivity contribution is -0.139. The fraction of sp³-hybridized carbons (Fsp3) is 0.182. The van der Waals surface area contributed by atoms with E-state index in [-0.39, 0.29) is 5.75 Å². The van der Waals surface area contributed by atoms with Gasteiger partial charge in [0.25, 0.3) is 0 Å². The van der Waals surface area contributed by atoms with E-state index in [0.29, 0.717) is 12.1 Å². The summed E-state index contributed by atoms with van der Waals surface area (Å²) >= 11 is 0. The molecule has 1 rings (SSSR count). The van der Waals surface area contributed by atoms with Crippen molar-refractivity contribution in [3.8, 4) is 5.75 Å². The number of rotatable bonds is 5. The van der Waals surface area contributed by atoms with Crippen molar-refractivity contribution in [3.05, 3.63) is 42.5 Å². The third kappa shape index (κ3) is 3.11. The number of nitrogens with one attached hydrogen (secondary N) is 1. The lowest BCUT2D eigenvalue weighted by Crippen LogP contribution is -2.28. The number of phenols is 1. The number of hydrogen-bond acceptors (Lipinski definition) is 3. The molecule has 1 aromatic rings. The molecule has 1 unspecified atom stereocenters. The molecule has 0 saturated heterocycles. The van der Waals surface area contributed by atoms with Crippen LogP contribution in [0.1, 0.15) is 11.6 Å². The summed E-state index contributed by atoms with van der Waals surface area (Å²) in [7, 11) is 0. The summed E-state index contributed by atoms with van der Waals surface area (Å²) in [5.41, 5.74) is 0.599. The largest absolute Gasteiger partial charge is 0.508 e. The SMILES string of the molecule is C=CCNC(C(=O)O)c1ccc(O)cc1. The van der Waals surface area contributed by atoms with Crippen molar-refractivity contribution in [1.82, 2.24) is 5.32 Å². The first-order valence-electron chi connectivity index (χ1n) is 4.51. The van der Waals surface area contributed by atoms with Gasteiger partial charge in [0, 0.05) is 6.54 Å². The smallest absolute Gasteiger partial charge is 0.325 e.